The summed E-state index contributed by atoms with van der Waals surface area (Å²) in [6.45, 7) is 1.64. The highest BCUT2D eigenvalue weighted by Gasteiger charge is 2.39. The predicted molar refractivity (Wildman–Crippen MR) is 33.6 cm³/mol. The molecule has 1 N–H and O–H groups in total. The van der Waals surface area contributed by atoms with Gasteiger partial charge in [0, 0.05) is 0 Å². The van der Waals surface area contributed by atoms with Crippen molar-refractivity contribution in [2.45, 2.75) is 32.2 Å². The summed E-state index contributed by atoms with van der Waals surface area (Å²) >= 11 is 0. The van der Waals surface area contributed by atoms with E-state index < -0.39 is 18.3 Å². The Kier molecular flexibility index (Phi) is 4.02. The van der Waals surface area contributed by atoms with Crippen molar-refractivity contribution in [1.82, 2.24) is 5.32 Å². The van der Waals surface area contributed by atoms with Crippen LogP contribution < -0.4 is 5.32 Å². The maximum atomic E-state index is 11.5. The van der Waals surface area contributed by atoms with E-state index in [0.29, 0.717) is 6.42 Å². The molecule has 0 aromatic carbocycles. The molecule has 0 rings (SSSR count). The lowest BCUT2D eigenvalue weighted by Crippen LogP contribution is -2.42. The predicted octanol–water partition coefficient (Wildman–Crippen LogP) is 1.22. The second-order valence-corrected chi connectivity index (χ2v) is 2.25. The second-order valence-electron chi connectivity index (χ2n) is 2.25. The van der Waals surface area contributed by atoms with Gasteiger partial charge in [-0.15, -0.1) is 0 Å². The van der Waals surface area contributed by atoms with E-state index in [-0.39, 0.29) is 6.42 Å². The quantitative estimate of drug-likeness (QED) is 0.658. The zero-order chi connectivity index (χ0) is 9.78. The highest BCUT2D eigenvalue weighted by atomic mass is 19.4. The van der Waals surface area contributed by atoms with Crippen LogP contribution in [-0.2, 0) is 9.90 Å². The van der Waals surface area contributed by atoms with Crippen molar-refractivity contribution < 1.29 is 23.1 Å². The van der Waals surface area contributed by atoms with Crippen LogP contribution in [-0.4, -0.2) is 18.3 Å². The second kappa shape index (κ2) is 4.30. The minimum atomic E-state index is -4.96. The molecule has 0 aromatic heterocycles. The van der Waals surface area contributed by atoms with Gasteiger partial charge in [0.05, 0.1) is 0 Å². The van der Waals surface area contributed by atoms with E-state index in [4.69, 9.17) is 0 Å². The first kappa shape index (κ1) is 11.2. The maximum Gasteiger partial charge on any atom is 0.471 e. The summed E-state index contributed by atoms with van der Waals surface area (Å²) in [6.07, 6.45) is -6.19. The molecule has 3 nitrogen and oxygen atoms in total. The summed E-state index contributed by atoms with van der Waals surface area (Å²) in [5, 5.41) is 11.9. The monoisotopic (exact) mass is 184 g/mol. The van der Waals surface area contributed by atoms with E-state index in [9.17, 15) is 23.1 Å². The molecule has 0 aromatic rings. The summed E-state index contributed by atoms with van der Waals surface area (Å²) in [5.74, 6) is -2.17. The molecule has 6 heteroatoms. The Hall–Kier alpha value is -0.780. The van der Waals surface area contributed by atoms with E-state index in [2.05, 4.69) is 0 Å². The van der Waals surface area contributed by atoms with Crippen molar-refractivity contribution in [3.8, 4) is 0 Å². The summed E-state index contributed by atoms with van der Waals surface area (Å²) in [6, 6.07) is 0. The molecule has 0 fully saturated rings. The highest BCUT2D eigenvalue weighted by molar-refractivity contribution is 5.81. The largest absolute Gasteiger partial charge is 0.471 e. The standard InChI is InChI=1S/C6H9F3NO2/c1-2-3-4(11)10-5(12)6(7,8)9/h4H,2-3H2,1H3,(H,10,12). The molecule has 0 bridgehead atoms. The van der Waals surface area contributed by atoms with Crippen LogP contribution in [0.2, 0.25) is 0 Å². The summed E-state index contributed by atoms with van der Waals surface area (Å²) < 4.78 is 34.5. The lowest BCUT2D eigenvalue weighted by atomic mass is 10.3. The summed E-state index contributed by atoms with van der Waals surface area (Å²) in [4.78, 5) is 10.1. The van der Waals surface area contributed by atoms with Crippen LogP contribution in [0.1, 0.15) is 19.8 Å². The molecule has 1 atom stereocenters. The Morgan fingerprint density at radius 3 is 2.33 bits per heavy atom. The van der Waals surface area contributed by atoms with Gasteiger partial charge < -0.3 is 5.32 Å². The van der Waals surface area contributed by atoms with E-state index in [0.717, 1.165) is 0 Å². The van der Waals surface area contributed by atoms with Crippen LogP contribution in [0, 0.1) is 0 Å². The van der Waals surface area contributed by atoms with E-state index in [1.807, 2.05) is 0 Å². The number of alkyl halides is 3. The first-order valence-electron chi connectivity index (χ1n) is 3.41. The number of amides is 1. The number of rotatable bonds is 3. The number of nitrogens with one attached hydrogen (secondary N) is 1. The van der Waals surface area contributed by atoms with Crippen molar-refractivity contribution in [2.75, 3.05) is 0 Å². The third-order valence-electron chi connectivity index (χ3n) is 1.10. The average molecular weight is 184 g/mol. The fourth-order valence-corrected chi connectivity index (χ4v) is 0.562. The van der Waals surface area contributed by atoms with Crippen LogP contribution in [0.15, 0.2) is 0 Å². The molecular weight excluding hydrogens is 175 g/mol. The Bertz CT molecular complexity index is 157. The maximum absolute atomic E-state index is 11.5. The zero-order valence-electron chi connectivity index (χ0n) is 6.44. The van der Waals surface area contributed by atoms with Gasteiger partial charge in [-0.3, -0.25) is 4.79 Å². The van der Waals surface area contributed by atoms with Crippen molar-refractivity contribution in [1.29, 1.82) is 0 Å². The van der Waals surface area contributed by atoms with Gasteiger partial charge in [0.1, 0.15) is 0 Å². The SMILES string of the molecule is CCCC([O])NC(=O)C(F)(F)F. The van der Waals surface area contributed by atoms with Crippen LogP contribution in [0.25, 0.3) is 0 Å². The van der Waals surface area contributed by atoms with Gasteiger partial charge in [0.2, 0.25) is 0 Å². The van der Waals surface area contributed by atoms with Crippen molar-refractivity contribution >= 4 is 5.91 Å². The first-order chi connectivity index (χ1) is 5.38. The Morgan fingerprint density at radius 2 is 2.00 bits per heavy atom. The van der Waals surface area contributed by atoms with Gasteiger partial charge in [-0.05, 0) is 6.42 Å². The highest BCUT2D eigenvalue weighted by Crippen LogP contribution is 2.14. The molecule has 71 valence electrons. The van der Waals surface area contributed by atoms with Crippen molar-refractivity contribution in [3.05, 3.63) is 0 Å². The smallest absolute Gasteiger partial charge is 0.320 e. The van der Waals surface area contributed by atoms with Gasteiger partial charge in [-0.2, -0.15) is 13.2 Å². The van der Waals surface area contributed by atoms with E-state index >= 15 is 0 Å². The topological polar surface area (TPSA) is 49.0 Å². The van der Waals surface area contributed by atoms with Crippen LogP contribution in [0.4, 0.5) is 13.2 Å². The van der Waals surface area contributed by atoms with Crippen LogP contribution in [0.3, 0.4) is 0 Å². The molecule has 0 aliphatic rings. The minimum absolute atomic E-state index is 0.00181. The fourth-order valence-electron chi connectivity index (χ4n) is 0.562. The number of halogens is 3. The summed E-state index contributed by atoms with van der Waals surface area (Å²) in [7, 11) is 0. The van der Waals surface area contributed by atoms with Gasteiger partial charge in [-0.25, -0.2) is 5.11 Å². The normalized spacial score (nSPS) is 14.1. The fraction of sp³-hybridized carbons (Fsp3) is 0.833. The molecule has 1 unspecified atom stereocenters. The molecular formula is C6H9F3NO2. The number of hydrogen-bond acceptors (Lipinski definition) is 1. The van der Waals surface area contributed by atoms with Crippen LogP contribution >= 0.6 is 0 Å². The van der Waals surface area contributed by atoms with E-state index in [1.165, 1.54) is 5.32 Å². The molecule has 0 saturated carbocycles. The van der Waals surface area contributed by atoms with E-state index in [1.54, 1.807) is 6.92 Å². The molecule has 0 saturated heterocycles. The van der Waals surface area contributed by atoms with Crippen LogP contribution in [0.5, 0.6) is 0 Å². The molecule has 12 heavy (non-hydrogen) atoms. The Morgan fingerprint density at radius 1 is 1.50 bits per heavy atom. The third-order valence-corrected chi connectivity index (χ3v) is 1.10. The first-order valence-corrected chi connectivity index (χ1v) is 3.41. The molecule has 0 aliphatic heterocycles. The lowest BCUT2D eigenvalue weighted by Gasteiger charge is -2.10. The molecule has 0 aliphatic carbocycles. The number of hydrogen-bond donors (Lipinski definition) is 1. The van der Waals surface area contributed by atoms with Gasteiger partial charge in [0.15, 0.2) is 6.23 Å². The Labute approximate surface area is 67.6 Å². The lowest BCUT2D eigenvalue weighted by molar-refractivity contribution is -0.177. The number of carbonyl (C=O) groups is 1. The zero-order valence-corrected chi connectivity index (χ0v) is 6.44. The van der Waals surface area contributed by atoms with Gasteiger partial charge >= 0.3 is 12.1 Å². The molecule has 0 spiro atoms. The summed E-state index contributed by atoms with van der Waals surface area (Å²) in [5.41, 5.74) is 0. The van der Waals surface area contributed by atoms with Gasteiger partial charge in [-0.1, -0.05) is 13.3 Å². The molecule has 1 radical (unpaired) electrons. The molecule has 0 heterocycles. The van der Waals surface area contributed by atoms with Gasteiger partial charge in [0.25, 0.3) is 0 Å². The molecule has 1 amide bonds. The average Bonchev–Trinajstić information content (AvgIpc) is 1.85. The Balaban J connectivity index is 3.85. The minimum Gasteiger partial charge on any atom is -0.320 e. The number of carbonyl (C=O) groups excluding carboxylic acids is 1. The van der Waals surface area contributed by atoms with Crippen molar-refractivity contribution in [2.24, 2.45) is 0 Å². The van der Waals surface area contributed by atoms with Crippen molar-refractivity contribution in [3.63, 3.8) is 0 Å². The third kappa shape index (κ3) is 4.17.